The van der Waals surface area contributed by atoms with E-state index in [4.69, 9.17) is 19.4 Å². The van der Waals surface area contributed by atoms with E-state index in [1.165, 1.54) is 0 Å². The van der Waals surface area contributed by atoms with Crippen molar-refractivity contribution in [2.45, 2.75) is 96.9 Å². The Bertz CT molecular complexity index is 1910. The molecule has 2 unspecified atom stereocenters. The lowest BCUT2D eigenvalue weighted by Gasteiger charge is -2.27. The molecule has 2 amide bonds. The van der Waals surface area contributed by atoms with Gasteiger partial charge in [-0.15, -0.1) is 0 Å². The Hall–Kier alpha value is -4.78. The number of rotatable bonds is 3. The number of aromatic amines is 2. The molecule has 1 saturated carbocycles. The Morgan fingerprint density at radius 1 is 0.854 bits per heavy atom. The van der Waals surface area contributed by atoms with E-state index in [1.54, 1.807) is 4.90 Å². The summed E-state index contributed by atoms with van der Waals surface area (Å²) >= 11 is 0. The zero-order valence-electron chi connectivity index (χ0n) is 28.6. The molecule has 2 aromatic carbocycles. The Kier molecular flexibility index (Phi) is 7.77. The smallest absolute Gasteiger partial charge is 0.410 e. The molecule has 2 N–H and O–H groups in total. The van der Waals surface area contributed by atoms with E-state index >= 15 is 0 Å². The molecule has 10 nitrogen and oxygen atoms in total. The van der Waals surface area contributed by atoms with E-state index in [0.29, 0.717) is 6.54 Å². The third-order valence-corrected chi connectivity index (χ3v) is 9.25. The summed E-state index contributed by atoms with van der Waals surface area (Å²) in [7, 11) is 0. The highest BCUT2D eigenvalue weighted by atomic mass is 16.6. The van der Waals surface area contributed by atoms with Crippen molar-refractivity contribution in [3.05, 3.63) is 71.4 Å². The number of hydrogen-bond donors (Lipinski definition) is 2. The Balaban J connectivity index is 1.03. The number of imidazole rings is 2. The predicted molar refractivity (Wildman–Crippen MR) is 183 cm³/mol. The number of aromatic nitrogens is 4. The number of nitrogens with one attached hydrogen (secondary N) is 2. The summed E-state index contributed by atoms with van der Waals surface area (Å²) in [5, 5.41) is 0. The number of nitrogens with zero attached hydrogens (tertiary/aromatic N) is 4. The second-order valence-corrected chi connectivity index (χ2v) is 15.5. The van der Waals surface area contributed by atoms with Gasteiger partial charge in [0.1, 0.15) is 22.9 Å². The molecule has 250 valence electrons. The standard InChI is InChI=1S/C38H44N6O4/c1-36(2,3)47-34(45)43-19-7-8-30(43)33-40-27-16-13-25(20-28(27)41-33)10-9-24-11-14-26(15-12-24)29-22-39-32(42-29)31-21-38(17-18-38)23-44(31)35(46)48-37(4,5)6/h11-16,20,22,30-31H,7-8,17-19,21,23H2,1-6H3,(H,39,42)(H,40,41). The summed E-state index contributed by atoms with van der Waals surface area (Å²) < 4.78 is 11.4. The van der Waals surface area contributed by atoms with Gasteiger partial charge in [0, 0.05) is 24.2 Å². The lowest BCUT2D eigenvalue weighted by Crippen LogP contribution is -2.37. The third-order valence-electron chi connectivity index (χ3n) is 9.25. The number of H-pyrrole nitrogens is 2. The molecular formula is C38H44N6O4. The van der Waals surface area contributed by atoms with Gasteiger partial charge < -0.3 is 19.4 Å². The van der Waals surface area contributed by atoms with Gasteiger partial charge in [-0.25, -0.2) is 19.6 Å². The van der Waals surface area contributed by atoms with Crippen LogP contribution in [0, 0.1) is 17.3 Å². The van der Waals surface area contributed by atoms with Crippen LogP contribution < -0.4 is 0 Å². The highest BCUT2D eigenvalue weighted by Gasteiger charge is 2.55. The fourth-order valence-corrected chi connectivity index (χ4v) is 6.74. The summed E-state index contributed by atoms with van der Waals surface area (Å²) in [6.45, 7) is 12.7. The fourth-order valence-electron chi connectivity index (χ4n) is 6.74. The van der Waals surface area contributed by atoms with Gasteiger partial charge in [0.2, 0.25) is 0 Å². The van der Waals surface area contributed by atoms with Crippen molar-refractivity contribution in [2.75, 3.05) is 13.1 Å². The zero-order chi connectivity index (χ0) is 33.8. The zero-order valence-corrected chi connectivity index (χ0v) is 28.6. The maximum Gasteiger partial charge on any atom is 0.410 e. The second kappa shape index (κ2) is 11.7. The van der Waals surface area contributed by atoms with Gasteiger partial charge in [0.25, 0.3) is 0 Å². The lowest BCUT2D eigenvalue weighted by atomic mass is 10.0. The molecule has 4 heterocycles. The molecular weight excluding hydrogens is 604 g/mol. The van der Waals surface area contributed by atoms with Gasteiger partial charge in [-0.2, -0.15) is 0 Å². The molecule has 2 aliphatic heterocycles. The highest BCUT2D eigenvalue weighted by Crippen LogP contribution is 2.58. The summed E-state index contributed by atoms with van der Waals surface area (Å²) in [5.74, 6) is 8.12. The van der Waals surface area contributed by atoms with Crippen LogP contribution in [0.15, 0.2) is 48.7 Å². The van der Waals surface area contributed by atoms with Crippen molar-refractivity contribution in [2.24, 2.45) is 5.41 Å². The number of amides is 2. The minimum Gasteiger partial charge on any atom is -0.444 e. The van der Waals surface area contributed by atoms with E-state index in [1.807, 2.05) is 95.1 Å². The van der Waals surface area contributed by atoms with Gasteiger partial charge in [-0.3, -0.25) is 9.80 Å². The molecule has 48 heavy (non-hydrogen) atoms. The molecule has 3 fully saturated rings. The minimum absolute atomic E-state index is 0.119. The van der Waals surface area contributed by atoms with Crippen LogP contribution in [0.4, 0.5) is 9.59 Å². The number of fused-ring (bicyclic) bond motifs is 1. The normalized spacial score (nSPS) is 20.2. The highest BCUT2D eigenvalue weighted by molar-refractivity contribution is 5.77. The maximum absolute atomic E-state index is 13.1. The summed E-state index contributed by atoms with van der Waals surface area (Å²) in [6, 6.07) is 13.8. The van der Waals surface area contributed by atoms with Crippen LogP contribution >= 0.6 is 0 Å². The van der Waals surface area contributed by atoms with Gasteiger partial charge >= 0.3 is 12.2 Å². The van der Waals surface area contributed by atoms with E-state index in [0.717, 1.165) is 83.7 Å². The first-order chi connectivity index (χ1) is 22.7. The second-order valence-electron chi connectivity index (χ2n) is 15.5. The van der Waals surface area contributed by atoms with Crippen LogP contribution in [0.2, 0.25) is 0 Å². The monoisotopic (exact) mass is 648 g/mol. The number of carbonyl (C=O) groups excluding carboxylic acids is 2. The predicted octanol–water partition coefficient (Wildman–Crippen LogP) is 7.89. The minimum atomic E-state index is -0.545. The Morgan fingerprint density at radius 3 is 2.21 bits per heavy atom. The molecule has 0 bridgehead atoms. The van der Waals surface area contributed by atoms with Crippen molar-refractivity contribution < 1.29 is 19.1 Å². The Morgan fingerprint density at radius 2 is 1.52 bits per heavy atom. The molecule has 2 aromatic heterocycles. The number of hydrogen-bond acceptors (Lipinski definition) is 6. The van der Waals surface area contributed by atoms with Gasteiger partial charge in [0.05, 0.1) is 35.0 Å². The molecule has 1 aliphatic carbocycles. The van der Waals surface area contributed by atoms with Gasteiger partial charge in [-0.1, -0.05) is 24.0 Å². The molecule has 2 saturated heterocycles. The molecule has 1 spiro atoms. The third kappa shape index (κ3) is 6.77. The van der Waals surface area contributed by atoms with Crippen LogP contribution in [-0.2, 0) is 9.47 Å². The summed E-state index contributed by atoms with van der Waals surface area (Å²) in [6.07, 6.45) is 6.20. The van der Waals surface area contributed by atoms with Crippen molar-refractivity contribution in [1.29, 1.82) is 0 Å². The fraction of sp³-hybridized carbons (Fsp3) is 0.474. The van der Waals surface area contributed by atoms with E-state index in [-0.39, 0.29) is 29.7 Å². The Labute approximate surface area is 281 Å². The quantitative estimate of drug-likeness (QED) is 0.218. The number of ether oxygens (including phenoxy) is 2. The van der Waals surface area contributed by atoms with Gasteiger partial charge in [0.15, 0.2) is 0 Å². The maximum atomic E-state index is 13.1. The van der Waals surface area contributed by atoms with Crippen LogP contribution in [0.5, 0.6) is 0 Å². The molecule has 10 heteroatoms. The van der Waals surface area contributed by atoms with E-state index in [9.17, 15) is 9.59 Å². The first kappa shape index (κ1) is 31.8. The van der Waals surface area contributed by atoms with E-state index in [2.05, 4.69) is 21.8 Å². The van der Waals surface area contributed by atoms with Crippen molar-refractivity contribution in [3.8, 4) is 23.1 Å². The number of likely N-dealkylation sites (tertiary alicyclic amines) is 2. The average molecular weight is 649 g/mol. The van der Waals surface area contributed by atoms with Crippen LogP contribution in [0.3, 0.4) is 0 Å². The topological polar surface area (TPSA) is 116 Å². The van der Waals surface area contributed by atoms with E-state index < -0.39 is 11.2 Å². The number of benzene rings is 2. The first-order valence-electron chi connectivity index (χ1n) is 16.9. The molecule has 7 rings (SSSR count). The summed E-state index contributed by atoms with van der Waals surface area (Å²) in [5.41, 5.74) is 4.51. The van der Waals surface area contributed by atoms with Crippen LogP contribution in [0.1, 0.15) is 109 Å². The van der Waals surface area contributed by atoms with Crippen molar-refractivity contribution in [1.82, 2.24) is 29.7 Å². The van der Waals surface area contributed by atoms with Crippen LogP contribution in [-0.4, -0.2) is 66.2 Å². The van der Waals surface area contributed by atoms with Crippen molar-refractivity contribution in [3.63, 3.8) is 0 Å². The molecule has 0 radical (unpaired) electrons. The SMILES string of the molecule is CC(C)(C)OC(=O)N1CC2(CC2)CC1c1ncc(-c2ccc(C#Cc3ccc4nc(C5CCCN5C(=O)OC(C)(C)C)[nH]c4c3)cc2)[nH]1. The largest absolute Gasteiger partial charge is 0.444 e. The van der Waals surface area contributed by atoms with Gasteiger partial charge in [-0.05, 0) is 115 Å². The average Bonchev–Trinajstić information content (AvgIpc) is 3.50. The molecule has 3 aliphatic rings. The van der Waals surface area contributed by atoms with Crippen LogP contribution in [0.25, 0.3) is 22.3 Å². The lowest BCUT2D eigenvalue weighted by molar-refractivity contribution is 0.0205. The van der Waals surface area contributed by atoms with Crippen molar-refractivity contribution >= 4 is 23.2 Å². The summed E-state index contributed by atoms with van der Waals surface area (Å²) in [4.78, 5) is 45.9. The number of carbonyl (C=O) groups is 2. The first-order valence-corrected chi connectivity index (χ1v) is 16.9. The molecule has 4 aromatic rings. The molecule has 2 atom stereocenters.